The van der Waals surface area contributed by atoms with E-state index in [1.165, 1.54) is 0 Å². The van der Waals surface area contributed by atoms with Gasteiger partial charge in [-0.25, -0.2) is 0 Å². The predicted octanol–water partition coefficient (Wildman–Crippen LogP) is 4.58. The van der Waals surface area contributed by atoms with Gasteiger partial charge in [0.25, 0.3) is 5.91 Å². The number of para-hydroxylation sites is 1. The summed E-state index contributed by atoms with van der Waals surface area (Å²) in [5.41, 5.74) is 1.56. The maximum Gasteiger partial charge on any atom is 0.261 e. The fourth-order valence-electron chi connectivity index (χ4n) is 3.52. The van der Waals surface area contributed by atoms with Crippen LogP contribution in [0.25, 0.3) is 0 Å². The molecule has 5 heteroatoms. The molecular weight excluding hydrogens is 354 g/mol. The molecule has 0 saturated heterocycles. The normalized spacial score (nSPS) is 18.4. The second-order valence-corrected chi connectivity index (χ2v) is 7.81. The first-order valence-corrected chi connectivity index (χ1v) is 9.72. The van der Waals surface area contributed by atoms with Gasteiger partial charge in [0.05, 0.1) is 13.2 Å². The Morgan fingerprint density at radius 3 is 2.71 bits per heavy atom. The summed E-state index contributed by atoms with van der Waals surface area (Å²) in [7, 11) is 1.63. The van der Waals surface area contributed by atoms with Crippen LogP contribution in [0.4, 0.5) is 0 Å². The van der Waals surface area contributed by atoms with Crippen molar-refractivity contribution in [3.63, 3.8) is 0 Å². The third-order valence-electron chi connectivity index (χ3n) is 5.02. The molecule has 0 saturated carbocycles. The first-order valence-electron chi connectivity index (χ1n) is 9.72. The molecule has 0 fully saturated rings. The van der Waals surface area contributed by atoms with Gasteiger partial charge in [-0.15, -0.1) is 0 Å². The predicted molar refractivity (Wildman–Crippen MR) is 109 cm³/mol. The maximum absolute atomic E-state index is 13.0. The zero-order valence-corrected chi connectivity index (χ0v) is 17.2. The molecule has 1 aliphatic rings. The number of rotatable bonds is 6. The monoisotopic (exact) mass is 383 g/mol. The molecule has 0 radical (unpaired) electrons. The van der Waals surface area contributed by atoms with Crippen LogP contribution >= 0.6 is 0 Å². The summed E-state index contributed by atoms with van der Waals surface area (Å²) in [6, 6.07) is 13.3. The molecule has 1 aliphatic heterocycles. The summed E-state index contributed by atoms with van der Waals surface area (Å²) in [5, 5.41) is 3.17. The number of nitrogens with one attached hydrogen (secondary N) is 1. The number of benzene rings is 2. The van der Waals surface area contributed by atoms with Gasteiger partial charge in [0.2, 0.25) is 0 Å². The highest BCUT2D eigenvalue weighted by atomic mass is 16.5. The van der Waals surface area contributed by atoms with Crippen molar-refractivity contribution in [2.75, 3.05) is 7.11 Å². The van der Waals surface area contributed by atoms with Gasteiger partial charge in [-0.2, -0.15) is 0 Å². The molecule has 0 aromatic heterocycles. The minimum atomic E-state index is -0.555. The summed E-state index contributed by atoms with van der Waals surface area (Å²) in [6.07, 6.45) is 0.693. The molecular formula is C23H29NO4. The minimum Gasteiger partial charge on any atom is -0.497 e. The molecule has 0 spiro atoms. The van der Waals surface area contributed by atoms with Crippen LogP contribution in [0.2, 0.25) is 0 Å². The Morgan fingerprint density at radius 2 is 2.04 bits per heavy atom. The lowest BCUT2D eigenvalue weighted by molar-refractivity contribution is -0.129. The van der Waals surface area contributed by atoms with Crippen LogP contribution in [0.3, 0.4) is 0 Å². The van der Waals surface area contributed by atoms with E-state index in [0.29, 0.717) is 12.8 Å². The van der Waals surface area contributed by atoms with E-state index in [9.17, 15) is 4.79 Å². The zero-order chi connectivity index (χ0) is 20.3. The highest BCUT2D eigenvalue weighted by Gasteiger charge is 2.36. The number of fused-ring (bicyclic) bond motifs is 1. The Bertz CT molecular complexity index is 846. The number of carbonyl (C=O) groups is 1. The number of hydrogen-bond acceptors (Lipinski definition) is 4. The fraction of sp³-hybridized carbons (Fsp3) is 0.435. The van der Waals surface area contributed by atoms with Crippen molar-refractivity contribution in [1.29, 1.82) is 0 Å². The summed E-state index contributed by atoms with van der Waals surface area (Å²) >= 11 is 0. The van der Waals surface area contributed by atoms with E-state index in [0.717, 1.165) is 28.4 Å². The quantitative estimate of drug-likeness (QED) is 0.793. The second-order valence-electron chi connectivity index (χ2n) is 7.81. The van der Waals surface area contributed by atoms with E-state index < -0.39 is 6.10 Å². The Balaban J connectivity index is 1.81. The van der Waals surface area contributed by atoms with Gasteiger partial charge in [0, 0.05) is 12.0 Å². The molecule has 1 heterocycles. The lowest BCUT2D eigenvalue weighted by atomic mass is 9.89. The van der Waals surface area contributed by atoms with Crippen LogP contribution in [0.5, 0.6) is 17.2 Å². The molecule has 0 bridgehead atoms. The van der Waals surface area contributed by atoms with Crippen LogP contribution in [0, 0.1) is 6.92 Å². The average molecular weight is 383 g/mol. The summed E-state index contributed by atoms with van der Waals surface area (Å²) in [5.74, 6) is 2.13. The molecule has 2 aromatic rings. The molecule has 28 heavy (non-hydrogen) atoms. The van der Waals surface area contributed by atoms with Crippen LogP contribution in [0.15, 0.2) is 42.5 Å². The highest BCUT2D eigenvalue weighted by Crippen LogP contribution is 2.41. The summed E-state index contributed by atoms with van der Waals surface area (Å²) in [6.45, 7) is 7.98. The number of ether oxygens (including phenoxy) is 3. The molecule has 0 aliphatic carbocycles. The molecule has 3 rings (SSSR count). The van der Waals surface area contributed by atoms with Crippen molar-refractivity contribution in [1.82, 2.24) is 5.32 Å². The van der Waals surface area contributed by atoms with Gasteiger partial charge >= 0.3 is 0 Å². The van der Waals surface area contributed by atoms with Crippen molar-refractivity contribution < 1.29 is 19.0 Å². The lowest BCUT2D eigenvalue weighted by Gasteiger charge is -2.38. The number of methoxy groups -OCH3 is 1. The molecule has 2 aromatic carbocycles. The second kappa shape index (κ2) is 8.13. The highest BCUT2D eigenvalue weighted by molar-refractivity contribution is 5.81. The van der Waals surface area contributed by atoms with Gasteiger partial charge in [-0.05, 0) is 57.0 Å². The van der Waals surface area contributed by atoms with E-state index in [1.807, 2.05) is 70.2 Å². The van der Waals surface area contributed by atoms with Crippen molar-refractivity contribution in [3.8, 4) is 17.2 Å². The summed E-state index contributed by atoms with van der Waals surface area (Å²) in [4.78, 5) is 13.0. The molecule has 0 unspecified atom stereocenters. The van der Waals surface area contributed by atoms with Crippen molar-refractivity contribution >= 4 is 5.91 Å². The maximum atomic E-state index is 13.0. The van der Waals surface area contributed by atoms with Gasteiger partial charge in [-0.3, -0.25) is 4.79 Å². The van der Waals surface area contributed by atoms with E-state index in [4.69, 9.17) is 14.2 Å². The SMILES string of the molecule is CC[C@H](Oc1ccccc1C)C(=O)N[C@H]1CC(C)(C)Oc2ccc(OC)cc21. The molecule has 150 valence electrons. The van der Waals surface area contributed by atoms with Crippen LogP contribution < -0.4 is 19.5 Å². The van der Waals surface area contributed by atoms with Crippen LogP contribution in [-0.4, -0.2) is 24.7 Å². The number of hydrogen-bond donors (Lipinski definition) is 1. The standard InChI is InChI=1S/C23H29NO4/c1-6-19(27-20-10-8-7-9-15(20)2)22(25)24-18-14-23(3,4)28-21-12-11-16(26-5)13-17(18)21/h7-13,18-19H,6,14H2,1-5H3,(H,24,25)/t18-,19-/m0/s1. The van der Waals surface area contributed by atoms with E-state index >= 15 is 0 Å². The van der Waals surface area contributed by atoms with Crippen LogP contribution in [0.1, 0.15) is 50.8 Å². The lowest BCUT2D eigenvalue weighted by Crippen LogP contribution is -2.45. The van der Waals surface area contributed by atoms with E-state index in [2.05, 4.69) is 5.32 Å². The van der Waals surface area contributed by atoms with E-state index in [1.54, 1.807) is 7.11 Å². The van der Waals surface area contributed by atoms with E-state index in [-0.39, 0.29) is 17.6 Å². The Kier molecular flexibility index (Phi) is 5.82. The first kappa shape index (κ1) is 20.1. The van der Waals surface area contributed by atoms with Crippen molar-refractivity contribution in [2.24, 2.45) is 0 Å². The third-order valence-corrected chi connectivity index (χ3v) is 5.02. The number of aryl methyl sites for hydroxylation is 1. The minimum absolute atomic E-state index is 0.123. The Hall–Kier alpha value is -2.69. The van der Waals surface area contributed by atoms with Gasteiger partial charge in [-0.1, -0.05) is 25.1 Å². The molecule has 2 atom stereocenters. The van der Waals surface area contributed by atoms with Crippen LogP contribution in [-0.2, 0) is 4.79 Å². The third kappa shape index (κ3) is 4.41. The van der Waals surface area contributed by atoms with Gasteiger partial charge in [0.1, 0.15) is 22.8 Å². The molecule has 5 nitrogen and oxygen atoms in total. The average Bonchev–Trinajstić information content (AvgIpc) is 2.66. The topological polar surface area (TPSA) is 56.8 Å². The first-order chi connectivity index (χ1) is 13.3. The largest absolute Gasteiger partial charge is 0.497 e. The Morgan fingerprint density at radius 1 is 1.29 bits per heavy atom. The van der Waals surface area contributed by atoms with Gasteiger partial charge in [0.15, 0.2) is 6.10 Å². The zero-order valence-electron chi connectivity index (χ0n) is 17.2. The molecule has 1 amide bonds. The Labute approximate surface area is 167 Å². The number of amides is 1. The van der Waals surface area contributed by atoms with Crippen molar-refractivity contribution in [2.45, 2.75) is 58.3 Å². The van der Waals surface area contributed by atoms with Gasteiger partial charge < -0.3 is 19.5 Å². The number of carbonyl (C=O) groups excluding carboxylic acids is 1. The van der Waals surface area contributed by atoms with Crippen molar-refractivity contribution in [3.05, 3.63) is 53.6 Å². The summed E-state index contributed by atoms with van der Waals surface area (Å²) < 4.78 is 17.5. The fourth-order valence-corrected chi connectivity index (χ4v) is 3.52. The smallest absolute Gasteiger partial charge is 0.261 e. The molecule has 1 N–H and O–H groups in total.